The van der Waals surface area contributed by atoms with Gasteiger partial charge < -0.3 is 0 Å². The van der Waals surface area contributed by atoms with Gasteiger partial charge >= 0.3 is 16.9 Å². The van der Waals surface area contributed by atoms with E-state index in [9.17, 15) is 4.57 Å². The lowest BCUT2D eigenvalue weighted by molar-refractivity contribution is -0.465. The van der Waals surface area contributed by atoms with Gasteiger partial charge in [-0.3, -0.25) is 0 Å². The van der Waals surface area contributed by atoms with Crippen molar-refractivity contribution in [1.82, 2.24) is 0 Å². The second-order valence-electron chi connectivity index (χ2n) is 1.04. The van der Waals surface area contributed by atoms with Crippen molar-refractivity contribution in [3.63, 3.8) is 0 Å². The van der Waals surface area contributed by atoms with Gasteiger partial charge in [0.25, 0.3) is 0 Å². The highest BCUT2D eigenvalue weighted by Crippen LogP contribution is 2.77. The normalized spacial score (nSPS) is 20.5. The van der Waals surface area contributed by atoms with E-state index >= 15 is 0 Å². The van der Waals surface area contributed by atoms with Crippen molar-refractivity contribution in [3.05, 3.63) is 0 Å². The molecule has 9 nitrogen and oxygen atoms in total. The van der Waals surface area contributed by atoms with Gasteiger partial charge in [0.2, 0.25) is 0 Å². The lowest BCUT2D eigenvalue weighted by Gasteiger charge is -1.87. The van der Waals surface area contributed by atoms with Crippen LogP contribution in [0.1, 0.15) is 0 Å². The van der Waals surface area contributed by atoms with Crippen molar-refractivity contribution >= 4 is 16.9 Å². The van der Waals surface area contributed by atoms with E-state index in [1.165, 1.54) is 0 Å². The third-order valence-corrected chi connectivity index (χ3v) is 1.51. The molecule has 0 unspecified atom stereocenters. The molecule has 0 saturated carbocycles. The molecular weight excluding hydrogens is 206 g/mol. The summed E-state index contributed by atoms with van der Waals surface area (Å²) < 4.78 is 29.3. The summed E-state index contributed by atoms with van der Waals surface area (Å²) in [5.41, 5.74) is 0. The molecule has 0 aromatic carbocycles. The van der Waals surface area contributed by atoms with E-state index in [1.807, 2.05) is 0 Å². The summed E-state index contributed by atoms with van der Waals surface area (Å²) >= 11 is 0. The van der Waals surface area contributed by atoms with Gasteiger partial charge in [-0.2, -0.15) is 0 Å². The molecule has 1 N–H and O–H groups in total. The number of hydrogen-bond donors (Lipinski definition) is 1. The van der Waals surface area contributed by atoms with E-state index in [0.29, 0.717) is 0 Å². The first-order valence-electron chi connectivity index (χ1n) is 1.94. The molecule has 1 aliphatic heterocycles. The van der Waals surface area contributed by atoms with Crippen molar-refractivity contribution in [2.45, 2.75) is 0 Å². The first kappa shape index (κ1) is 9.30. The lowest BCUT2D eigenvalue weighted by Crippen LogP contribution is -1.90. The molecule has 1 heterocycles. The monoisotopic (exact) mass is 207 g/mol. The second kappa shape index (κ2) is 4.29. The third-order valence-electron chi connectivity index (χ3n) is 0.503. The van der Waals surface area contributed by atoms with Crippen LogP contribution in [0.5, 0.6) is 0 Å². The fourth-order valence-corrected chi connectivity index (χ4v) is 0.825. The van der Waals surface area contributed by atoms with Crippen LogP contribution in [0.25, 0.3) is 0 Å². The summed E-state index contributed by atoms with van der Waals surface area (Å²) in [5.74, 6) is 0. The Balaban J connectivity index is 2.08. The summed E-state index contributed by atoms with van der Waals surface area (Å²) in [6.07, 6.45) is 0. The molecule has 1 fully saturated rings. The Hall–Kier alpha value is 0.210. The first-order chi connectivity index (χ1) is 5.33. The van der Waals surface area contributed by atoms with Crippen LogP contribution in [0, 0.1) is 0 Å². The van der Waals surface area contributed by atoms with Crippen LogP contribution in [0.4, 0.5) is 0 Å². The predicted octanol–water partition coefficient (Wildman–Crippen LogP) is 1.13. The smallest absolute Gasteiger partial charge is 0.238 e. The van der Waals surface area contributed by atoms with Gasteiger partial charge in [-0.25, -0.2) is 9.82 Å². The number of rotatable bonds is 6. The Morgan fingerprint density at radius 1 is 1.36 bits per heavy atom. The SMILES string of the molecule is O=POOO[P+]1(OOO)OO1. The van der Waals surface area contributed by atoms with E-state index in [4.69, 9.17) is 5.26 Å². The zero-order valence-electron chi connectivity index (χ0n) is 4.61. The Bertz CT molecular complexity index is 128. The van der Waals surface area contributed by atoms with Crippen molar-refractivity contribution in [2.75, 3.05) is 0 Å². The van der Waals surface area contributed by atoms with Crippen molar-refractivity contribution in [2.24, 2.45) is 0 Å². The molecule has 0 aromatic rings. The Morgan fingerprint density at radius 3 is 2.55 bits per heavy atom. The van der Waals surface area contributed by atoms with Crippen LogP contribution in [0.2, 0.25) is 0 Å². The van der Waals surface area contributed by atoms with Crippen molar-refractivity contribution < 1.29 is 43.3 Å². The molecule has 0 spiro atoms. The molecule has 0 radical (unpaired) electrons. The molecule has 11 heavy (non-hydrogen) atoms. The maximum absolute atomic E-state index is 9.55. The van der Waals surface area contributed by atoms with Crippen LogP contribution in [0.3, 0.4) is 0 Å². The van der Waals surface area contributed by atoms with Crippen LogP contribution in [-0.4, -0.2) is 5.26 Å². The maximum Gasteiger partial charge on any atom is 0.707 e. The fraction of sp³-hybridized carbons (Fsp3) is 0. The Morgan fingerprint density at radius 2 is 2.09 bits per heavy atom. The zero-order valence-corrected chi connectivity index (χ0v) is 6.40. The average molecular weight is 207 g/mol. The molecule has 1 saturated heterocycles. The molecule has 64 valence electrons. The van der Waals surface area contributed by atoms with Gasteiger partial charge in [-0.15, -0.1) is 0 Å². The standard InChI is InChI=1S/O9P2/c1-3-6-11(8-9-11)7-4-5-10-2/p+1. The molecule has 0 amide bonds. The van der Waals surface area contributed by atoms with Crippen LogP contribution >= 0.6 is 16.9 Å². The van der Waals surface area contributed by atoms with Gasteiger partial charge in [-0.05, 0) is 10.1 Å². The van der Waals surface area contributed by atoms with Gasteiger partial charge in [0.1, 0.15) is 0 Å². The maximum atomic E-state index is 9.55. The van der Waals surface area contributed by atoms with Gasteiger partial charge in [0.05, 0.1) is 18.7 Å². The largest absolute Gasteiger partial charge is 0.707 e. The quantitative estimate of drug-likeness (QED) is 0.225. The zero-order chi connectivity index (χ0) is 8.16. The van der Waals surface area contributed by atoms with Crippen molar-refractivity contribution in [1.29, 1.82) is 0 Å². The number of hydrogen-bond acceptors (Lipinski definition) is 9. The Kier molecular flexibility index (Phi) is 3.63. The van der Waals surface area contributed by atoms with Crippen LogP contribution in [0.15, 0.2) is 0 Å². The first-order valence-corrected chi connectivity index (χ1v) is 4.14. The minimum Gasteiger partial charge on any atom is -0.238 e. The molecular formula is HO9P2+. The van der Waals surface area contributed by atoms with E-state index in [2.05, 4.69) is 33.4 Å². The molecule has 0 bridgehead atoms. The van der Waals surface area contributed by atoms with Crippen LogP contribution in [-0.2, 0) is 38.0 Å². The predicted molar refractivity (Wildman–Crippen MR) is 24.8 cm³/mol. The molecule has 1 aliphatic rings. The lowest BCUT2D eigenvalue weighted by atomic mass is 14.5. The third kappa shape index (κ3) is 2.97. The fourth-order valence-electron chi connectivity index (χ4n) is 0.193. The summed E-state index contributed by atoms with van der Waals surface area (Å²) in [6, 6.07) is 0. The minimum absolute atomic E-state index is 0.769. The average Bonchev–Trinajstić information content (AvgIpc) is 2.71. The highest BCUT2D eigenvalue weighted by atomic mass is 31.2. The summed E-state index contributed by atoms with van der Waals surface area (Å²) in [7, 11) is -3.95. The van der Waals surface area contributed by atoms with Crippen molar-refractivity contribution in [3.8, 4) is 0 Å². The summed E-state index contributed by atoms with van der Waals surface area (Å²) in [6.45, 7) is 0. The summed E-state index contributed by atoms with van der Waals surface area (Å²) in [5, 5.41) is 14.6. The highest BCUT2D eigenvalue weighted by molar-refractivity contribution is 7.60. The highest BCUT2D eigenvalue weighted by Gasteiger charge is 2.77. The molecule has 11 heteroatoms. The Labute approximate surface area is 61.2 Å². The van der Waals surface area contributed by atoms with E-state index < -0.39 is 16.9 Å². The molecule has 0 aliphatic carbocycles. The topological polar surface area (TPSA) is 109 Å². The summed E-state index contributed by atoms with van der Waals surface area (Å²) in [4.78, 5) is 0. The second-order valence-corrected chi connectivity index (χ2v) is 2.83. The van der Waals surface area contributed by atoms with E-state index in [-0.39, 0.29) is 0 Å². The van der Waals surface area contributed by atoms with Gasteiger partial charge in [0, 0.05) is 0 Å². The van der Waals surface area contributed by atoms with E-state index in [0.717, 1.165) is 0 Å². The van der Waals surface area contributed by atoms with Crippen LogP contribution < -0.4 is 0 Å². The molecule has 0 atom stereocenters. The van der Waals surface area contributed by atoms with Gasteiger partial charge in [-0.1, -0.05) is 4.67 Å². The van der Waals surface area contributed by atoms with Gasteiger partial charge in [0.15, 0.2) is 0 Å². The molecule has 1 rings (SSSR count). The van der Waals surface area contributed by atoms with E-state index in [1.54, 1.807) is 0 Å². The minimum atomic E-state index is -3.19. The molecule has 0 aromatic heterocycles.